The number of nitrogens with two attached hydrogens (primary N) is 1. The van der Waals surface area contributed by atoms with Crippen molar-refractivity contribution in [1.82, 2.24) is 4.90 Å². The lowest BCUT2D eigenvalue weighted by Gasteiger charge is -2.36. The van der Waals surface area contributed by atoms with E-state index in [4.69, 9.17) is 10.5 Å². The molecule has 0 aromatic carbocycles. The maximum Gasteiger partial charge on any atom is 0.329 e. The van der Waals surface area contributed by atoms with Gasteiger partial charge < -0.3 is 15.4 Å². The first-order valence-electron chi connectivity index (χ1n) is 6.83. The normalized spacial score (nSPS) is 22.7. The number of hydrogen-bond donors (Lipinski definition) is 1. The predicted octanol–water partition coefficient (Wildman–Crippen LogP) is 0.867. The molecule has 1 amide bonds. The Balaban J connectivity index is 2.76. The van der Waals surface area contributed by atoms with Gasteiger partial charge in [0.2, 0.25) is 5.91 Å². The van der Waals surface area contributed by atoms with Crippen LogP contribution in [0.3, 0.4) is 0 Å². The summed E-state index contributed by atoms with van der Waals surface area (Å²) in [5, 5.41) is 0. The zero-order chi connectivity index (χ0) is 14.4. The number of carbonyl (C=O) groups excluding carboxylic acids is 2. The summed E-state index contributed by atoms with van der Waals surface area (Å²) >= 11 is 1.67. The van der Waals surface area contributed by atoms with Crippen molar-refractivity contribution in [3.8, 4) is 0 Å². The van der Waals surface area contributed by atoms with Gasteiger partial charge in [0.25, 0.3) is 0 Å². The molecule has 19 heavy (non-hydrogen) atoms. The number of hydrogen-bond acceptors (Lipinski definition) is 5. The van der Waals surface area contributed by atoms with Gasteiger partial charge in [-0.1, -0.05) is 20.3 Å². The molecule has 0 spiro atoms. The first kappa shape index (κ1) is 16.3. The van der Waals surface area contributed by atoms with Gasteiger partial charge in [0.05, 0.1) is 12.6 Å². The van der Waals surface area contributed by atoms with Crippen molar-refractivity contribution in [3.63, 3.8) is 0 Å². The van der Waals surface area contributed by atoms with Crippen LogP contribution in [-0.2, 0) is 14.3 Å². The Morgan fingerprint density at radius 2 is 2.16 bits per heavy atom. The topological polar surface area (TPSA) is 72.6 Å². The van der Waals surface area contributed by atoms with Gasteiger partial charge in [-0.25, -0.2) is 4.79 Å². The molecule has 1 aliphatic heterocycles. The van der Waals surface area contributed by atoms with Crippen molar-refractivity contribution in [2.75, 3.05) is 24.7 Å². The summed E-state index contributed by atoms with van der Waals surface area (Å²) in [6, 6.07) is -1.02. The fraction of sp³-hybridized carbons (Fsp3) is 0.846. The highest BCUT2D eigenvalue weighted by atomic mass is 32.2. The molecule has 0 aliphatic carbocycles. The summed E-state index contributed by atoms with van der Waals surface area (Å²) in [6.07, 6.45) is 0.847. The van der Waals surface area contributed by atoms with Gasteiger partial charge in [-0.15, -0.1) is 0 Å². The minimum Gasteiger partial charge on any atom is -0.464 e. The quantitative estimate of drug-likeness (QED) is 0.760. The molecule has 0 aromatic heterocycles. The minimum atomic E-state index is -0.537. The van der Waals surface area contributed by atoms with Crippen molar-refractivity contribution in [2.45, 2.75) is 39.3 Å². The van der Waals surface area contributed by atoms with Gasteiger partial charge in [0.15, 0.2) is 0 Å². The largest absolute Gasteiger partial charge is 0.464 e. The van der Waals surface area contributed by atoms with E-state index < -0.39 is 12.1 Å². The maximum absolute atomic E-state index is 12.4. The van der Waals surface area contributed by atoms with Gasteiger partial charge in [-0.3, -0.25) is 4.79 Å². The smallest absolute Gasteiger partial charge is 0.329 e. The van der Waals surface area contributed by atoms with Crippen LogP contribution in [0.4, 0.5) is 0 Å². The molecule has 2 N–H and O–H groups in total. The third kappa shape index (κ3) is 4.11. The summed E-state index contributed by atoms with van der Waals surface area (Å²) < 4.78 is 5.04. The van der Waals surface area contributed by atoms with Crippen LogP contribution in [0.15, 0.2) is 0 Å². The molecular formula is C13H24N2O3S. The van der Waals surface area contributed by atoms with Crippen LogP contribution in [-0.4, -0.2) is 53.5 Å². The second-order valence-corrected chi connectivity index (χ2v) is 5.94. The average molecular weight is 288 g/mol. The summed E-state index contributed by atoms with van der Waals surface area (Å²) in [5.41, 5.74) is 5.99. The summed E-state index contributed by atoms with van der Waals surface area (Å²) in [7, 11) is 0. The van der Waals surface area contributed by atoms with Crippen molar-refractivity contribution in [2.24, 2.45) is 11.7 Å². The van der Waals surface area contributed by atoms with Gasteiger partial charge >= 0.3 is 5.97 Å². The van der Waals surface area contributed by atoms with Crippen molar-refractivity contribution < 1.29 is 14.3 Å². The molecule has 1 heterocycles. The number of carbonyl (C=O) groups is 2. The van der Waals surface area contributed by atoms with Gasteiger partial charge in [0.1, 0.15) is 6.04 Å². The fourth-order valence-corrected chi connectivity index (χ4v) is 3.02. The predicted molar refractivity (Wildman–Crippen MR) is 76.9 cm³/mol. The number of thioether (sulfide) groups is 1. The van der Waals surface area contributed by atoms with E-state index in [0.717, 1.165) is 12.2 Å². The summed E-state index contributed by atoms with van der Waals surface area (Å²) in [4.78, 5) is 25.9. The lowest BCUT2D eigenvalue weighted by atomic mass is 9.98. The van der Waals surface area contributed by atoms with Gasteiger partial charge in [0, 0.05) is 18.1 Å². The molecule has 0 saturated carbocycles. The molecule has 1 aliphatic rings. The second-order valence-electron chi connectivity index (χ2n) is 4.79. The zero-order valence-corrected chi connectivity index (χ0v) is 12.7. The highest BCUT2D eigenvalue weighted by Crippen LogP contribution is 2.20. The van der Waals surface area contributed by atoms with Crippen LogP contribution in [0.5, 0.6) is 0 Å². The Labute approximate surface area is 119 Å². The molecule has 1 unspecified atom stereocenters. The van der Waals surface area contributed by atoms with E-state index in [-0.39, 0.29) is 17.8 Å². The van der Waals surface area contributed by atoms with Crippen LogP contribution in [0.2, 0.25) is 0 Å². The first-order chi connectivity index (χ1) is 9.02. The van der Waals surface area contributed by atoms with Gasteiger partial charge in [-0.2, -0.15) is 11.8 Å². The molecule has 0 aromatic rings. The van der Waals surface area contributed by atoms with E-state index in [1.165, 1.54) is 0 Å². The third-order valence-electron chi connectivity index (χ3n) is 3.51. The second kappa shape index (κ2) is 7.75. The van der Waals surface area contributed by atoms with E-state index in [1.807, 2.05) is 13.8 Å². The van der Waals surface area contributed by atoms with Crippen molar-refractivity contribution >= 4 is 23.6 Å². The van der Waals surface area contributed by atoms with Crippen LogP contribution < -0.4 is 5.73 Å². The number of esters is 1. The molecule has 1 rings (SSSR count). The Morgan fingerprint density at radius 1 is 1.47 bits per heavy atom. The molecule has 1 saturated heterocycles. The Kier molecular flexibility index (Phi) is 6.65. The standard InChI is InChI=1S/C13H24N2O3S/c1-4-9(3)11(14)12(16)15-6-7-19-8-10(15)13(17)18-5-2/h9-11H,4-8,14H2,1-3H3/t9-,10?,11-/m0/s1. The van der Waals surface area contributed by atoms with Gasteiger partial charge in [-0.05, 0) is 12.8 Å². The number of amides is 1. The van der Waals surface area contributed by atoms with Crippen LogP contribution in [0.25, 0.3) is 0 Å². The number of nitrogens with zero attached hydrogens (tertiary/aromatic N) is 1. The van der Waals surface area contributed by atoms with E-state index in [9.17, 15) is 9.59 Å². The molecular weight excluding hydrogens is 264 g/mol. The van der Waals surface area contributed by atoms with E-state index >= 15 is 0 Å². The lowest BCUT2D eigenvalue weighted by molar-refractivity contribution is -0.154. The molecule has 6 heteroatoms. The SMILES string of the molecule is CCOC(=O)C1CSCCN1C(=O)[C@@H](N)[C@@H](C)CC. The Morgan fingerprint density at radius 3 is 2.74 bits per heavy atom. The number of ether oxygens (including phenoxy) is 1. The van der Waals surface area contributed by atoms with E-state index in [2.05, 4.69) is 0 Å². The van der Waals surface area contributed by atoms with E-state index in [1.54, 1.807) is 23.6 Å². The number of rotatable bonds is 5. The molecule has 0 bridgehead atoms. The summed E-state index contributed by atoms with van der Waals surface area (Å²) in [6.45, 7) is 6.63. The molecule has 0 radical (unpaired) electrons. The first-order valence-corrected chi connectivity index (χ1v) is 7.98. The van der Waals surface area contributed by atoms with Crippen molar-refractivity contribution in [3.05, 3.63) is 0 Å². The third-order valence-corrected chi connectivity index (χ3v) is 4.54. The van der Waals surface area contributed by atoms with Crippen molar-refractivity contribution in [1.29, 1.82) is 0 Å². The summed E-state index contributed by atoms with van der Waals surface area (Å²) in [5.74, 6) is 1.10. The molecule has 1 fully saturated rings. The van der Waals surface area contributed by atoms with E-state index in [0.29, 0.717) is 18.9 Å². The molecule has 5 nitrogen and oxygen atoms in total. The maximum atomic E-state index is 12.4. The fourth-order valence-electron chi connectivity index (χ4n) is 1.99. The minimum absolute atomic E-state index is 0.116. The Hall–Kier alpha value is -0.750. The monoisotopic (exact) mass is 288 g/mol. The Bertz CT molecular complexity index is 325. The average Bonchev–Trinajstić information content (AvgIpc) is 2.45. The zero-order valence-electron chi connectivity index (χ0n) is 11.9. The molecule has 3 atom stereocenters. The molecule has 110 valence electrons. The highest BCUT2D eigenvalue weighted by Gasteiger charge is 2.36. The highest BCUT2D eigenvalue weighted by molar-refractivity contribution is 7.99. The van der Waals surface area contributed by atoms with Crippen LogP contribution in [0, 0.1) is 5.92 Å². The lowest BCUT2D eigenvalue weighted by Crippen LogP contribution is -2.56. The van der Waals surface area contributed by atoms with Crippen LogP contribution >= 0.6 is 11.8 Å². The van der Waals surface area contributed by atoms with Crippen LogP contribution in [0.1, 0.15) is 27.2 Å².